The lowest BCUT2D eigenvalue weighted by Crippen LogP contribution is -2.47. The third-order valence-corrected chi connectivity index (χ3v) is 4.89. The summed E-state index contributed by atoms with van der Waals surface area (Å²) in [6, 6.07) is 8.54. The van der Waals surface area contributed by atoms with E-state index >= 15 is 0 Å². The number of nitrogens with one attached hydrogen (secondary N) is 1. The third kappa shape index (κ3) is 7.35. The van der Waals surface area contributed by atoms with E-state index in [1.165, 1.54) is 6.07 Å². The van der Waals surface area contributed by atoms with Gasteiger partial charge in [0, 0.05) is 65.3 Å². The number of aliphatic imine (C=N–C) groups is 1. The molecule has 0 saturated carbocycles. The van der Waals surface area contributed by atoms with Crippen LogP contribution >= 0.6 is 24.0 Å². The normalized spacial score (nSPS) is 14.9. The van der Waals surface area contributed by atoms with Gasteiger partial charge in [-0.05, 0) is 30.7 Å². The van der Waals surface area contributed by atoms with Crippen LogP contribution in [0.25, 0.3) is 0 Å². The lowest BCUT2D eigenvalue weighted by Gasteiger charge is -2.34. The molecule has 164 valence electrons. The maximum Gasteiger partial charge on any atom is 0.225 e. The molecule has 1 aromatic carbocycles. The Morgan fingerprint density at radius 2 is 1.90 bits per heavy atom. The van der Waals surface area contributed by atoms with Crippen LogP contribution in [-0.2, 0) is 6.54 Å². The molecule has 0 unspecified atom stereocenters. The maximum absolute atomic E-state index is 13.4. The van der Waals surface area contributed by atoms with Crippen LogP contribution in [0.5, 0.6) is 0 Å². The summed E-state index contributed by atoms with van der Waals surface area (Å²) in [5.41, 5.74) is 0.928. The van der Waals surface area contributed by atoms with Gasteiger partial charge in [0.2, 0.25) is 5.95 Å². The highest BCUT2D eigenvalue weighted by Gasteiger charge is 2.18. The molecule has 0 spiro atoms. The SMILES string of the molecule is CCNC(=NCCN1CCN(c2ncccn2)CC1)N(C)Cc1cccc(F)c1.I. The highest BCUT2D eigenvalue weighted by molar-refractivity contribution is 14.0. The smallest absolute Gasteiger partial charge is 0.225 e. The molecular weight excluding hydrogens is 496 g/mol. The van der Waals surface area contributed by atoms with Crippen molar-refractivity contribution in [2.45, 2.75) is 13.5 Å². The van der Waals surface area contributed by atoms with Gasteiger partial charge < -0.3 is 15.1 Å². The molecule has 1 aliphatic rings. The van der Waals surface area contributed by atoms with Crippen LogP contribution in [0.3, 0.4) is 0 Å². The van der Waals surface area contributed by atoms with Gasteiger partial charge in [0.15, 0.2) is 5.96 Å². The first-order valence-corrected chi connectivity index (χ1v) is 10.1. The number of halogens is 2. The van der Waals surface area contributed by atoms with Crippen LogP contribution in [0.1, 0.15) is 12.5 Å². The van der Waals surface area contributed by atoms with Gasteiger partial charge in [-0.15, -0.1) is 24.0 Å². The molecule has 0 bridgehead atoms. The Balaban J connectivity index is 0.00000320. The number of aromatic nitrogens is 2. The number of rotatable bonds is 7. The van der Waals surface area contributed by atoms with Gasteiger partial charge >= 0.3 is 0 Å². The predicted molar refractivity (Wildman–Crippen MR) is 130 cm³/mol. The average molecular weight is 527 g/mol. The fourth-order valence-electron chi connectivity index (χ4n) is 3.38. The molecule has 2 aromatic rings. The van der Waals surface area contributed by atoms with Crippen LogP contribution in [0.15, 0.2) is 47.7 Å². The number of hydrogen-bond acceptors (Lipinski definition) is 5. The fourth-order valence-corrected chi connectivity index (χ4v) is 3.38. The molecule has 1 aliphatic heterocycles. The van der Waals surface area contributed by atoms with E-state index in [0.29, 0.717) is 6.54 Å². The number of piperazine rings is 1. The Morgan fingerprint density at radius 3 is 2.57 bits per heavy atom. The van der Waals surface area contributed by atoms with Crippen LogP contribution < -0.4 is 10.2 Å². The third-order valence-electron chi connectivity index (χ3n) is 4.89. The van der Waals surface area contributed by atoms with Crippen LogP contribution in [0, 0.1) is 5.82 Å². The zero-order valence-electron chi connectivity index (χ0n) is 17.7. The zero-order valence-corrected chi connectivity index (χ0v) is 20.0. The number of anilines is 1. The average Bonchev–Trinajstić information content (AvgIpc) is 2.74. The highest BCUT2D eigenvalue weighted by Crippen LogP contribution is 2.10. The molecule has 0 amide bonds. The van der Waals surface area contributed by atoms with Crippen molar-refractivity contribution in [1.82, 2.24) is 25.1 Å². The van der Waals surface area contributed by atoms with E-state index in [2.05, 4.69) is 32.0 Å². The first kappa shape index (κ1) is 24.3. The number of hydrogen-bond donors (Lipinski definition) is 1. The van der Waals surface area contributed by atoms with Gasteiger partial charge in [-0.1, -0.05) is 12.1 Å². The summed E-state index contributed by atoms with van der Waals surface area (Å²) < 4.78 is 13.4. The number of nitrogens with zero attached hydrogens (tertiary/aromatic N) is 6. The summed E-state index contributed by atoms with van der Waals surface area (Å²) in [6.45, 7) is 8.88. The monoisotopic (exact) mass is 527 g/mol. The van der Waals surface area contributed by atoms with Crippen molar-refractivity contribution in [3.8, 4) is 0 Å². The first-order chi connectivity index (χ1) is 14.2. The van der Waals surface area contributed by atoms with Crippen molar-refractivity contribution in [3.05, 3.63) is 54.1 Å². The summed E-state index contributed by atoms with van der Waals surface area (Å²) >= 11 is 0. The van der Waals surface area contributed by atoms with Crippen molar-refractivity contribution in [3.63, 3.8) is 0 Å². The van der Waals surface area contributed by atoms with Crippen molar-refractivity contribution in [1.29, 1.82) is 0 Å². The van der Waals surface area contributed by atoms with Gasteiger partial charge in [-0.3, -0.25) is 9.89 Å². The quantitative estimate of drug-likeness (QED) is 0.339. The zero-order chi connectivity index (χ0) is 20.5. The predicted octanol–water partition coefficient (Wildman–Crippen LogP) is 2.45. The van der Waals surface area contributed by atoms with Gasteiger partial charge in [-0.2, -0.15) is 0 Å². The van der Waals surface area contributed by atoms with Gasteiger partial charge in [-0.25, -0.2) is 14.4 Å². The lowest BCUT2D eigenvalue weighted by atomic mass is 10.2. The van der Waals surface area contributed by atoms with E-state index < -0.39 is 0 Å². The summed E-state index contributed by atoms with van der Waals surface area (Å²) in [5, 5.41) is 3.32. The minimum atomic E-state index is -0.210. The number of guanidine groups is 1. The molecule has 7 nitrogen and oxygen atoms in total. The van der Waals surface area contributed by atoms with E-state index in [1.54, 1.807) is 24.5 Å². The Morgan fingerprint density at radius 1 is 1.17 bits per heavy atom. The minimum Gasteiger partial charge on any atom is -0.357 e. The lowest BCUT2D eigenvalue weighted by molar-refractivity contribution is 0.263. The van der Waals surface area contributed by atoms with Crippen LogP contribution in [0.4, 0.5) is 10.3 Å². The van der Waals surface area contributed by atoms with Crippen LogP contribution in [0.2, 0.25) is 0 Å². The molecule has 0 radical (unpaired) electrons. The molecular formula is C21H31FIN7. The fraction of sp³-hybridized carbons (Fsp3) is 0.476. The highest BCUT2D eigenvalue weighted by atomic mass is 127. The Labute approximate surface area is 195 Å². The molecule has 1 aromatic heterocycles. The molecule has 1 N–H and O–H groups in total. The second-order valence-corrected chi connectivity index (χ2v) is 7.10. The maximum atomic E-state index is 13.4. The first-order valence-electron chi connectivity index (χ1n) is 10.1. The largest absolute Gasteiger partial charge is 0.357 e. The van der Waals surface area contributed by atoms with Crippen molar-refractivity contribution in [2.75, 3.05) is 57.8 Å². The molecule has 2 heterocycles. The molecule has 0 aliphatic carbocycles. The second-order valence-electron chi connectivity index (χ2n) is 7.10. The van der Waals surface area contributed by atoms with Crippen molar-refractivity contribution >= 4 is 35.9 Å². The standard InChI is InChI=1S/C21H30FN7.HI/c1-3-23-20(27(2)17-18-6-4-7-19(22)16-18)26-10-11-28-12-14-29(15-13-28)21-24-8-5-9-25-21;/h4-9,16H,3,10-15,17H2,1-2H3,(H,23,26);1H. The van der Waals surface area contributed by atoms with E-state index in [-0.39, 0.29) is 29.8 Å². The molecule has 1 fully saturated rings. The summed E-state index contributed by atoms with van der Waals surface area (Å²) in [5.74, 6) is 1.43. The van der Waals surface area contributed by atoms with Gasteiger partial charge in [0.25, 0.3) is 0 Å². The van der Waals surface area contributed by atoms with Crippen molar-refractivity contribution in [2.24, 2.45) is 4.99 Å². The number of benzene rings is 1. The van der Waals surface area contributed by atoms with E-state index in [9.17, 15) is 4.39 Å². The summed E-state index contributed by atoms with van der Waals surface area (Å²) in [7, 11) is 1.98. The van der Waals surface area contributed by atoms with E-state index in [4.69, 9.17) is 4.99 Å². The van der Waals surface area contributed by atoms with E-state index in [1.807, 2.05) is 24.1 Å². The minimum absolute atomic E-state index is 0. The molecule has 30 heavy (non-hydrogen) atoms. The Kier molecular flexibility index (Phi) is 10.2. The molecule has 3 rings (SSSR count). The molecule has 1 saturated heterocycles. The Bertz CT molecular complexity index is 782. The van der Waals surface area contributed by atoms with Crippen LogP contribution in [-0.4, -0.2) is 78.6 Å². The van der Waals surface area contributed by atoms with Gasteiger partial charge in [0.05, 0.1) is 6.54 Å². The topological polar surface area (TPSA) is 59.9 Å². The van der Waals surface area contributed by atoms with Gasteiger partial charge in [0.1, 0.15) is 5.82 Å². The summed E-state index contributed by atoms with van der Waals surface area (Å²) in [4.78, 5) is 20.1. The van der Waals surface area contributed by atoms with E-state index in [0.717, 1.165) is 63.3 Å². The second kappa shape index (κ2) is 12.6. The molecule has 9 heteroatoms. The summed E-state index contributed by atoms with van der Waals surface area (Å²) in [6.07, 6.45) is 3.57. The molecule has 0 atom stereocenters. The Hall–Kier alpha value is -2.01. The van der Waals surface area contributed by atoms with Crippen molar-refractivity contribution < 1.29 is 4.39 Å².